The summed E-state index contributed by atoms with van der Waals surface area (Å²) in [5.74, 6) is 1.67. The minimum absolute atomic E-state index is 0.0560. The van der Waals surface area contributed by atoms with Crippen LogP contribution in [-0.2, 0) is 0 Å². The third-order valence-corrected chi connectivity index (χ3v) is 6.40. The fourth-order valence-corrected chi connectivity index (χ4v) is 4.65. The molecule has 13 heteroatoms. The van der Waals surface area contributed by atoms with Gasteiger partial charge in [0.15, 0.2) is 10.9 Å². The van der Waals surface area contributed by atoms with Gasteiger partial charge in [-0.2, -0.15) is 18.2 Å². The molecule has 0 amide bonds. The van der Waals surface area contributed by atoms with E-state index in [4.69, 9.17) is 17.0 Å². The molecule has 0 unspecified atom stereocenters. The molecule has 0 saturated carbocycles. The SMILES string of the molecule is CNc1ncnc(-c2cccnc2Oc2ccc(NC(=S)Nc3cccc(SC(F)(F)F)c3)c3ccccc23)n1. The number of aromatic nitrogens is 4. The maximum Gasteiger partial charge on any atom is 0.446 e. The van der Waals surface area contributed by atoms with Gasteiger partial charge in [0, 0.05) is 40.3 Å². The second-order valence-electron chi connectivity index (χ2n) is 8.15. The zero-order valence-corrected chi connectivity index (χ0v) is 22.4. The number of ether oxygens (including phenoxy) is 1. The van der Waals surface area contributed by atoms with Crippen molar-refractivity contribution in [1.29, 1.82) is 0 Å². The van der Waals surface area contributed by atoms with Gasteiger partial charge in [0.2, 0.25) is 11.8 Å². The summed E-state index contributed by atoms with van der Waals surface area (Å²) in [5.41, 5.74) is -2.68. The highest BCUT2D eigenvalue weighted by atomic mass is 32.2. The standard InChI is InChI=1S/C27H20F3N7OS2/c1-31-25-34-15-33-23(37-25)20-10-5-13-32-24(20)38-22-12-11-21(18-8-2-3-9-19(18)22)36-26(39)35-16-6-4-7-17(14-16)40-27(28,29)30/h2-15H,1H3,(H2,35,36,39)(H,31,33,34,37). The molecular formula is C27H20F3N7OS2. The number of thiocarbonyl (C=S) groups is 1. The average molecular weight is 580 g/mol. The molecule has 2 heterocycles. The number of anilines is 3. The first-order valence-corrected chi connectivity index (χ1v) is 13.0. The number of pyridine rings is 1. The van der Waals surface area contributed by atoms with Gasteiger partial charge >= 0.3 is 5.51 Å². The Morgan fingerprint density at radius 3 is 2.52 bits per heavy atom. The van der Waals surface area contributed by atoms with Crippen LogP contribution in [0.2, 0.25) is 0 Å². The number of thioether (sulfide) groups is 1. The van der Waals surface area contributed by atoms with Crippen LogP contribution in [0.3, 0.4) is 0 Å². The summed E-state index contributed by atoms with van der Waals surface area (Å²) < 4.78 is 44.5. The van der Waals surface area contributed by atoms with E-state index in [9.17, 15) is 13.2 Å². The Morgan fingerprint density at radius 1 is 0.900 bits per heavy atom. The molecule has 0 bridgehead atoms. The summed E-state index contributed by atoms with van der Waals surface area (Å²) in [5, 5.41) is 10.8. The number of fused-ring (bicyclic) bond motifs is 1. The molecule has 0 radical (unpaired) electrons. The van der Waals surface area contributed by atoms with Crippen LogP contribution in [0.15, 0.2) is 90.2 Å². The molecule has 3 N–H and O–H groups in total. The third kappa shape index (κ3) is 6.55. The van der Waals surface area contributed by atoms with Gasteiger partial charge in [-0.3, -0.25) is 0 Å². The van der Waals surface area contributed by atoms with E-state index in [1.165, 1.54) is 24.5 Å². The molecule has 3 aromatic carbocycles. The van der Waals surface area contributed by atoms with Crippen LogP contribution in [0.1, 0.15) is 0 Å². The second-order valence-corrected chi connectivity index (χ2v) is 9.70. The van der Waals surface area contributed by atoms with Crippen molar-refractivity contribution < 1.29 is 17.9 Å². The van der Waals surface area contributed by atoms with E-state index in [-0.39, 0.29) is 21.8 Å². The minimum atomic E-state index is -4.38. The topological polar surface area (TPSA) is 96.9 Å². The number of nitrogens with zero attached hydrogens (tertiary/aromatic N) is 4. The molecule has 0 fully saturated rings. The molecule has 5 rings (SSSR count). The minimum Gasteiger partial charge on any atom is -0.438 e. The van der Waals surface area contributed by atoms with Gasteiger partial charge in [0.1, 0.15) is 12.1 Å². The van der Waals surface area contributed by atoms with E-state index in [2.05, 4.69) is 35.9 Å². The normalized spacial score (nSPS) is 11.2. The Morgan fingerprint density at radius 2 is 1.73 bits per heavy atom. The van der Waals surface area contributed by atoms with Gasteiger partial charge in [-0.25, -0.2) is 15.0 Å². The summed E-state index contributed by atoms with van der Waals surface area (Å²) in [6.07, 6.45) is 3.02. The summed E-state index contributed by atoms with van der Waals surface area (Å²) >= 11 is 5.26. The Kier molecular flexibility index (Phi) is 7.94. The number of benzene rings is 3. The summed E-state index contributed by atoms with van der Waals surface area (Å²) in [6.45, 7) is 0. The molecule has 0 aliphatic carbocycles. The van der Waals surface area contributed by atoms with Crippen molar-refractivity contribution in [1.82, 2.24) is 19.9 Å². The lowest BCUT2D eigenvalue weighted by Gasteiger charge is -2.16. The Hall–Kier alpha value is -4.49. The molecule has 0 atom stereocenters. The molecule has 8 nitrogen and oxygen atoms in total. The molecule has 0 aliphatic rings. The van der Waals surface area contributed by atoms with Crippen LogP contribution in [0.25, 0.3) is 22.2 Å². The summed E-state index contributed by atoms with van der Waals surface area (Å²) in [4.78, 5) is 17.2. The van der Waals surface area contributed by atoms with Gasteiger partial charge in [0.05, 0.1) is 5.56 Å². The monoisotopic (exact) mass is 579 g/mol. The maximum atomic E-state index is 12.8. The number of nitrogens with one attached hydrogen (secondary N) is 3. The van der Waals surface area contributed by atoms with E-state index in [0.29, 0.717) is 40.3 Å². The molecular weight excluding hydrogens is 559 g/mol. The van der Waals surface area contributed by atoms with Gasteiger partial charge in [0.25, 0.3) is 0 Å². The van der Waals surface area contributed by atoms with E-state index < -0.39 is 5.51 Å². The highest BCUT2D eigenvalue weighted by Crippen LogP contribution is 2.38. The van der Waals surface area contributed by atoms with Crippen LogP contribution in [-0.4, -0.2) is 37.6 Å². The molecule has 40 heavy (non-hydrogen) atoms. The van der Waals surface area contributed by atoms with Crippen LogP contribution < -0.4 is 20.7 Å². The quantitative estimate of drug-likeness (QED) is 0.134. The van der Waals surface area contributed by atoms with Gasteiger partial charge in [-0.1, -0.05) is 30.3 Å². The first kappa shape index (κ1) is 27.1. The largest absolute Gasteiger partial charge is 0.446 e. The molecule has 0 aliphatic heterocycles. The Bertz CT molecular complexity index is 1680. The van der Waals surface area contributed by atoms with Crippen LogP contribution in [0.4, 0.5) is 30.5 Å². The number of halogens is 3. The fraction of sp³-hybridized carbons (Fsp3) is 0.0741. The Labute approximate surface area is 236 Å². The van der Waals surface area contributed by atoms with E-state index in [1.807, 2.05) is 30.3 Å². The van der Waals surface area contributed by atoms with Crippen molar-refractivity contribution >= 4 is 57.2 Å². The predicted octanol–water partition coefficient (Wildman–Crippen LogP) is 7.34. The van der Waals surface area contributed by atoms with Crippen molar-refractivity contribution in [3.05, 3.63) is 85.3 Å². The van der Waals surface area contributed by atoms with E-state index in [0.717, 1.165) is 10.8 Å². The smallest absolute Gasteiger partial charge is 0.438 e. The highest BCUT2D eigenvalue weighted by Gasteiger charge is 2.29. The first-order valence-electron chi connectivity index (χ1n) is 11.7. The first-order chi connectivity index (χ1) is 19.3. The summed E-state index contributed by atoms with van der Waals surface area (Å²) in [6, 6.07) is 20.6. The van der Waals surface area contributed by atoms with Crippen LogP contribution in [0, 0.1) is 0 Å². The molecule has 0 saturated heterocycles. The highest BCUT2D eigenvalue weighted by molar-refractivity contribution is 8.00. The molecule has 202 valence electrons. The molecule has 2 aromatic heterocycles. The summed E-state index contributed by atoms with van der Waals surface area (Å²) in [7, 11) is 1.72. The zero-order chi connectivity index (χ0) is 28.1. The molecule has 5 aromatic rings. The van der Waals surface area contributed by atoms with E-state index in [1.54, 1.807) is 37.5 Å². The fourth-order valence-electron chi connectivity index (χ4n) is 3.82. The zero-order valence-electron chi connectivity index (χ0n) is 20.7. The van der Waals surface area contributed by atoms with Crippen molar-refractivity contribution in [2.75, 3.05) is 23.0 Å². The maximum absolute atomic E-state index is 12.8. The van der Waals surface area contributed by atoms with Gasteiger partial charge in [-0.05, 0) is 66.4 Å². The van der Waals surface area contributed by atoms with E-state index >= 15 is 0 Å². The molecule has 0 spiro atoms. The second kappa shape index (κ2) is 11.7. The van der Waals surface area contributed by atoms with Crippen LogP contribution >= 0.6 is 24.0 Å². The van der Waals surface area contributed by atoms with Gasteiger partial charge < -0.3 is 20.7 Å². The van der Waals surface area contributed by atoms with Crippen molar-refractivity contribution in [2.45, 2.75) is 10.4 Å². The van der Waals surface area contributed by atoms with Crippen LogP contribution in [0.5, 0.6) is 11.6 Å². The lowest BCUT2D eigenvalue weighted by atomic mass is 10.1. The van der Waals surface area contributed by atoms with Crippen molar-refractivity contribution in [2.24, 2.45) is 0 Å². The lowest BCUT2D eigenvalue weighted by Crippen LogP contribution is -2.19. The predicted molar refractivity (Wildman–Crippen MR) is 155 cm³/mol. The average Bonchev–Trinajstić information content (AvgIpc) is 2.94. The van der Waals surface area contributed by atoms with Gasteiger partial charge in [-0.15, -0.1) is 0 Å². The number of hydrogen-bond donors (Lipinski definition) is 3. The third-order valence-electron chi connectivity index (χ3n) is 5.47. The van der Waals surface area contributed by atoms with Crippen molar-refractivity contribution in [3.63, 3.8) is 0 Å². The number of alkyl halides is 3. The van der Waals surface area contributed by atoms with Crippen molar-refractivity contribution in [3.8, 4) is 23.0 Å². The lowest BCUT2D eigenvalue weighted by molar-refractivity contribution is -0.0328. The number of hydrogen-bond acceptors (Lipinski definition) is 8. The number of rotatable bonds is 7. The Balaban J connectivity index is 1.39.